The van der Waals surface area contributed by atoms with Crippen molar-refractivity contribution >= 4 is 11.5 Å². The van der Waals surface area contributed by atoms with Gasteiger partial charge in [0.05, 0.1) is 5.41 Å². The summed E-state index contributed by atoms with van der Waals surface area (Å²) >= 11 is 0. The molecule has 0 radical (unpaired) electrons. The highest BCUT2D eigenvalue weighted by atomic mass is 16.4. The van der Waals surface area contributed by atoms with Gasteiger partial charge in [-0.2, -0.15) is 0 Å². The zero-order valence-electron chi connectivity index (χ0n) is 20.3. The lowest BCUT2D eigenvalue weighted by Crippen LogP contribution is -2.33. The number of hydrogen-bond acceptors (Lipinski definition) is 2. The minimum absolute atomic E-state index is 0.0102. The summed E-state index contributed by atoms with van der Waals surface area (Å²) in [5, 5.41) is 18.9. The molecule has 33 heavy (non-hydrogen) atoms. The maximum Gasteiger partial charge on any atom is 0.313 e. The van der Waals surface area contributed by atoms with Gasteiger partial charge in [0.1, 0.15) is 0 Å². The lowest BCUT2D eigenvalue weighted by Gasteiger charge is -2.42. The van der Waals surface area contributed by atoms with Gasteiger partial charge in [-0.3, -0.25) is 4.79 Å². The largest absolute Gasteiger partial charge is 0.481 e. The third-order valence-corrected chi connectivity index (χ3v) is 7.86. The van der Waals surface area contributed by atoms with Gasteiger partial charge >= 0.3 is 5.97 Å². The lowest BCUT2D eigenvalue weighted by atomic mass is 9.63. The fraction of sp³-hybridized carbons (Fsp3) is 0.433. The van der Waals surface area contributed by atoms with Gasteiger partial charge in [0, 0.05) is 6.61 Å². The second-order valence-electron chi connectivity index (χ2n) is 11.1. The smallest absolute Gasteiger partial charge is 0.313 e. The van der Waals surface area contributed by atoms with Gasteiger partial charge in [0.25, 0.3) is 0 Å². The molecular formula is C30H36O3. The van der Waals surface area contributed by atoms with Crippen LogP contribution in [0.2, 0.25) is 0 Å². The van der Waals surface area contributed by atoms with E-state index in [1.165, 1.54) is 35.1 Å². The zero-order valence-corrected chi connectivity index (χ0v) is 20.3. The fourth-order valence-corrected chi connectivity index (χ4v) is 5.38. The minimum Gasteiger partial charge on any atom is -0.481 e. The molecule has 0 fully saturated rings. The number of rotatable bonds is 6. The van der Waals surface area contributed by atoms with Crippen LogP contribution < -0.4 is 0 Å². The standard InChI is InChI=1S/C30H36O3/c1-28(2)16-17-29(3,4)26-20-24(9-10-25(26)28)23-8-5-7-22(19-23)21-11-14-30(15-12-21,27(32)33)13-6-18-31/h5,7-12,14,19-20,31H,6,13,15-18H2,1-4H3,(H,32,33). The van der Waals surface area contributed by atoms with Crippen LogP contribution in [0.5, 0.6) is 0 Å². The van der Waals surface area contributed by atoms with Gasteiger partial charge in [-0.05, 0) is 82.4 Å². The summed E-state index contributed by atoms with van der Waals surface area (Å²) in [7, 11) is 0. The summed E-state index contributed by atoms with van der Waals surface area (Å²) in [5.74, 6) is -0.823. The van der Waals surface area contributed by atoms with Gasteiger partial charge in [0.2, 0.25) is 0 Å². The predicted molar refractivity (Wildman–Crippen MR) is 135 cm³/mol. The molecule has 0 heterocycles. The van der Waals surface area contributed by atoms with E-state index in [1.54, 1.807) is 0 Å². The van der Waals surface area contributed by atoms with E-state index in [1.807, 2.05) is 18.2 Å². The van der Waals surface area contributed by atoms with Crippen molar-refractivity contribution in [3.8, 4) is 11.1 Å². The fourth-order valence-electron chi connectivity index (χ4n) is 5.38. The van der Waals surface area contributed by atoms with Crippen molar-refractivity contribution in [1.29, 1.82) is 0 Å². The maximum absolute atomic E-state index is 11.9. The van der Waals surface area contributed by atoms with Crippen LogP contribution in [0, 0.1) is 5.41 Å². The molecule has 0 amide bonds. The summed E-state index contributed by atoms with van der Waals surface area (Å²) in [6.07, 6.45) is 9.56. The summed E-state index contributed by atoms with van der Waals surface area (Å²) in [6.45, 7) is 9.41. The number of carbonyl (C=O) groups is 1. The molecule has 1 unspecified atom stereocenters. The molecule has 2 N–H and O–H groups in total. The first-order valence-electron chi connectivity index (χ1n) is 12.1. The molecule has 0 saturated carbocycles. The number of allylic oxidation sites excluding steroid dienone is 3. The Labute approximate surface area is 197 Å². The van der Waals surface area contributed by atoms with E-state index in [9.17, 15) is 9.90 Å². The quantitative estimate of drug-likeness (QED) is 0.510. The monoisotopic (exact) mass is 444 g/mol. The van der Waals surface area contributed by atoms with Crippen molar-refractivity contribution in [2.24, 2.45) is 5.41 Å². The molecule has 0 spiro atoms. The second kappa shape index (κ2) is 8.61. The van der Waals surface area contributed by atoms with Crippen LogP contribution >= 0.6 is 0 Å². The highest BCUT2D eigenvalue weighted by Crippen LogP contribution is 2.47. The third kappa shape index (κ3) is 4.44. The maximum atomic E-state index is 11.9. The number of carboxylic acid groups (broad SMARTS) is 1. The first kappa shape index (κ1) is 23.5. The molecule has 3 heteroatoms. The van der Waals surface area contributed by atoms with Crippen molar-refractivity contribution < 1.29 is 15.0 Å². The number of aliphatic hydroxyl groups is 1. The van der Waals surface area contributed by atoms with Crippen LogP contribution in [0.15, 0.2) is 60.7 Å². The van der Waals surface area contributed by atoms with Crippen LogP contribution in [0.3, 0.4) is 0 Å². The average molecular weight is 445 g/mol. The van der Waals surface area contributed by atoms with Crippen LogP contribution in [0.25, 0.3) is 16.7 Å². The molecule has 4 rings (SSSR count). The predicted octanol–water partition coefficient (Wildman–Crippen LogP) is 6.89. The topological polar surface area (TPSA) is 57.5 Å². The average Bonchev–Trinajstić information content (AvgIpc) is 2.81. The summed E-state index contributed by atoms with van der Waals surface area (Å²) < 4.78 is 0. The normalized spacial score (nSPS) is 23.0. The van der Waals surface area contributed by atoms with E-state index >= 15 is 0 Å². The zero-order chi connectivity index (χ0) is 23.9. The molecule has 2 aliphatic rings. The Hall–Kier alpha value is -2.65. The summed E-state index contributed by atoms with van der Waals surface area (Å²) in [6, 6.07) is 15.5. The molecule has 174 valence electrons. The second-order valence-corrected chi connectivity index (χ2v) is 11.1. The Morgan fingerprint density at radius 2 is 1.58 bits per heavy atom. The number of hydrogen-bond donors (Lipinski definition) is 2. The number of benzene rings is 2. The van der Waals surface area contributed by atoms with E-state index in [2.05, 4.69) is 70.2 Å². The van der Waals surface area contributed by atoms with Crippen LogP contribution in [-0.4, -0.2) is 22.8 Å². The Morgan fingerprint density at radius 1 is 0.909 bits per heavy atom. The number of aliphatic hydroxyl groups excluding tert-OH is 1. The first-order chi connectivity index (χ1) is 15.6. The SMILES string of the molecule is CC1(C)CCC(C)(C)c2cc(-c3cccc(C4=CCC(CCCO)(C(=O)O)C=C4)c3)ccc21. The number of aliphatic carboxylic acids is 1. The third-order valence-electron chi connectivity index (χ3n) is 7.86. The number of fused-ring (bicyclic) bond motifs is 1. The van der Waals surface area contributed by atoms with Gasteiger partial charge in [-0.1, -0.05) is 82.3 Å². The Morgan fingerprint density at radius 3 is 2.21 bits per heavy atom. The van der Waals surface area contributed by atoms with Crippen molar-refractivity contribution in [1.82, 2.24) is 0 Å². The Kier molecular flexibility index (Phi) is 6.13. The highest BCUT2D eigenvalue weighted by Gasteiger charge is 2.37. The van der Waals surface area contributed by atoms with E-state index in [-0.39, 0.29) is 17.4 Å². The summed E-state index contributed by atoms with van der Waals surface area (Å²) in [5.41, 5.74) is 6.93. The molecule has 0 bridgehead atoms. The van der Waals surface area contributed by atoms with E-state index in [0.717, 1.165) is 11.1 Å². The lowest BCUT2D eigenvalue weighted by molar-refractivity contribution is -0.146. The number of carboxylic acids is 1. The van der Waals surface area contributed by atoms with Crippen molar-refractivity contribution in [2.75, 3.05) is 6.61 Å². The molecular weight excluding hydrogens is 408 g/mol. The molecule has 0 saturated heterocycles. The van der Waals surface area contributed by atoms with E-state index < -0.39 is 11.4 Å². The Bertz CT molecular complexity index is 1120. The molecule has 0 aliphatic heterocycles. The van der Waals surface area contributed by atoms with Crippen LogP contribution in [0.4, 0.5) is 0 Å². The molecule has 2 aromatic rings. The van der Waals surface area contributed by atoms with Gasteiger partial charge in [0.15, 0.2) is 0 Å². The highest BCUT2D eigenvalue weighted by molar-refractivity contribution is 5.84. The van der Waals surface area contributed by atoms with E-state index in [0.29, 0.717) is 19.3 Å². The molecule has 0 aromatic heterocycles. The van der Waals surface area contributed by atoms with Gasteiger partial charge < -0.3 is 10.2 Å². The van der Waals surface area contributed by atoms with Gasteiger partial charge in [-0.25, -0.2) is 0 Å². The molecule has 2 aliphatic carbocycles. The first-order valence-corrected chi connectivity index (χ1v) is 12.1. The van der Waals surface area contributed by atoms with E-state index in [4.69, 9.17) is 5.11 Å². The molecule has 2 aromatic carbocycles. The van der Waals surface area contributed by atoms with Crippen molar-refractivity contribution in [3.63, 3.8) is 0 Å². The van der Waals surface area contributed by atoms with Gasteiger partial charge in [-0.15, -0.1) is 0 Å². The molecule has 1 atom stereocenters. The van der Waals surface area contributed by atoms with Crippen LogP contribution in [0.1, 0.15) is 76.5 Å². The Balaban J connectivity index is 1.65. The van der Waals surface area contributed by atoms with Crippen LogP contribution in [-0.2, 0) is 15.6 Å². The molecule has 3 nitrogen and oxygen atoms in total. The minimum atomic E-state index is -0.916. The summed E-state index contributed by atoms with van der Waals surface area (Å²) in [4.78, 5) is 11.9. The van der Waals surface area contributed by atoms with Crippen molar-refractivity contribution in [3.05, 3.63) is 77.4 Å². The van der Waals surface area contributed by atoms with Crippen molar-refractivity contribution in [2.45, 2.75) is 70.6 Å².